The van der Waals surface area contributed by atoms with Gasteiger partial charge in [-0.1, -0.05) is 6.42 Å². The lowest BCUT2D eigenvalue weighted by atomic mass is 9.93. The minimum absolute atomic E-state index is 0.415. The molecule has 0 radical (unpaired) electrons. The molecule has 1 nitrogen and oxygen atoms in total. The lowest BCUT2D eigenvalue weighted by molar-refractivity contribution is -0.115. The molecule has 1 aliphatic carbocycles. The van der Waals surface area contributed by atoms with Gasteiger partial charge >= 0.3 is 0 Å². The van der Waals surface area contributed by atoms with Crippen molar-refractivity contribution in [2.75, 3.05) is 0 Å². The molecular formula is C9H13FO. The summed E-state index contributed by atoms with van der Waals surface area (Å²) in [6, 6.07) is 0. The van der Waals surface area contributed by atoms with Crippen molar-refractivity contribution < 1.29 is 9.18 Å². The molecule has 0 aromatic carbocycles. The van der Waals surface area contributed by atoms with E-state index >= 15 is 0 Å². The average Bonchev–Trinajstić information content (AvgIpc) is 2.05. The molecule has 1 fully saturated rings. The summed E-state index contributed by atoms with van der Waals surface area (Å²) in [7, 11) is 0. The van der Waals surface area contributed by atoms with Gasteiger partial charge in [0.25, 0.3) is 0 Å². The number of Topliss-reactive ketones (excluding diaryl/α,β-unsaturated/α-hetero) is 1. The summed E-state index contributed by atoms with van der Waals surface area (Å²) in [5, 5.41) is 0. The van der Waals surface area contributed by atoms with Crippen LogP contribution in [0.15, 0.2) is 11.4 Å². The van der Waals surface area contributed by atoms with Crippen LogP contribution in [-0.2, 0) is 4.79 Å². The van der Waals surface area contributed by atoms with Gasteiger partial charge in [0.15, 0.2) is 11.6 Å². The van der Waals surface area contributed by atoms with E-state index in [9.17, 15) is 9.18 Å². The summed E-state index contributed by atoms with van der Waals surface area (Å²) in [4.78, 5) is 10.6. The Hall–Kier alpha value is -0.660. The predicted octanol–water partition coefficient (Wildman–Crippen LogP) is 2.76. The number of halogens is 1. The molecule has 0 saturated heterocycles. The second kappa shape index (κ2) is 3.65. The third-order valence-electron chi connectivity index (χ3n) is 2.08. The van der Waals surface area contributed by atoms with E-state index in [0.717, 1.165) is 31.3 Å². The molecule has 62 valence electrons. The Bertz CT molecular complexity index is 186. The van der Waals surface area contributed by atoms with E-state index in [4.69, 9.17) is 0 Å². The molecule has 0 aliphatic heterocycles. The summed E-state index contributed by atoms with van der Waals surface area (Å²) < 4.78 is 12.9. The molecule has 0 atom stereocenters. The molecular weight excluding hydrogens is 143 g/mol. The number of ketones is 1. The van der Waals surface area contributed by atoms with Crippen molar-refractivity contribution in [2.45, 2.75) is 39.0 Å². The quantitative estimate of drug-likeness (QED) is 0.533. The Labute approximate surface area is 66.3 Å². The first-order valence-corrected chi connectivity index (χ1v) is 4.10. The van der Waals surface area contributed by atoms with Crippen LogP contribution in [0.1, 0.15) is 39.0 Å². The highest BCUT2D eigenvalue weighted by atomic mass is 19.1. The first-order chi connectivity index (χ1) is 5.22. The highest BCUT2D eigenvalue weighted by molar-refractivity contribution is 5.91. The van der Waals surface area contributed by atoms with Crippen molar-refractivity contribution in [1.29, 1.82) is 0 Å². The van der Waals surface area contributed by atoms with Crippen LogP contribution >= 0.6 is 0 Å². The zero-order valence-corrected chi connectivity index (χ0v) is 6.82. The molecule has 0 heterocycles. The first-order valence-electron chi connectivity index (χ1n) is 4.10. The fraction of sp³-hybridized carbons (Fsp3) is 0.667. The third-order valence-corrected chi connectivity index (χ3v) is 2.08. The molecule has 2 heteroatoms. The number of allylic oxidation sites excluding steroid dienone is 2. The highest BCUT2D eigenvalue weighted by Gasteiger charge is 2.13. The standard InChI is InChI=1S/C9H13FO/c1-7(11)9(10)8-5-3-2-4-6-8/h2-6H2,1H3. The molecule has 1 rings (SSSR count). The summed E-state index contributed by atoms with van der Waals surface area (Å²) in [5.74, 6) is -0.897. The summed E-state index contributed by atoms with van der Waals surface area (Å²) in [5.41, 5.74) is 0.740. The Morgan fingerprint density at radius 3 is 2.27 bits per heavy atom. The minimum atomic E-state index is -0.482. The molecule has 11 heavy (non-hydrogen) atoms. The number of hydrogen-bond acceptors (Lipinski definition) is 1. The van der Waals surface area contributed by atoms with Gasteiger partial charge in [-0.25, -0.2) is 4.39 Å². The molecule has 0 N–H and O–H groups in total. The summed E-state index contributed by atoms with van der Waals surface area (Å²) >= 11 is 0. The van der Waals surface area contributed by atoms with Crippen LogP contribution in [0, 0.1) is 0 Å². The maximum Gasteiger partial charge on any atom is 0.188 e. The average molecular weight is 156 g/mol. The monoisotopic (exact) mass is 156 g/mol. The lowest BCUT2D eigenvalue weighted by Gasteiger charge is -2.13. The maximum atomic E-state index is 12.9. The summed E-state index contributed by atoms with van der Waals surface area (Å²) in [6.45, 7) is 1.29. The zero-order valence-electron chi connectivity index (χ0n) is 6.82. The van der Waals surface area contributed by atoms with Crippen molar-refractivity contribution in [2.24, 2.45) is 0 Å². The van der Waals surface area contributed by atoms with Crippen molar-refractivity contribution in [1.82, 2.24) is 0 Å². The van der Waals surface area contributed by atoms with Crippen molar-refractivity contribution in [3.8, 4) is 0 Å². The summed E-state index contributed by atoms with van der Waals surface area (Å²) in [6.07, 6.45) is 4.82. The smallest absolute Gasteiger partial charge is 0.188 e. The van der Waals surface area contributed by atoms with Gasteiger partial charge < -0.3 is 0 Å². The third kappa shape index (κ3) is 2.14. The van der Waals surface area contributed by atoms with Crippen molar-refractivity contribution in [3.63, 3.8) is 0 Å². The largest absolute Gasteiger partial charge is 0.292 e. The Morgan fingerprint density at radius 1 is 1.27 bits per heavy atom. The van der Waals surface area contributed by atoms with E-state index in [1.807, 2.05) is 0 Å². The second-order valence-electron chi connectivity index (χ2n) is 3.03. The van der Waals surface area contributed by atoms with E-state index in [-0.39, 0.29) is 0 Å². The van der Waals surface area contributed by atoms with Crippen LogP contribution in [0.2, 0.25) is 0 Å². The van der Waals surface area contributed by atoms with E-state index in [0.29, 0.717) is 0 Å². The van der Waals surface area contributed by atoms with Crippen LogP contribution in [0.5, 0.6) is 0 Å². The first kappa shape index (κ1) is 8.44. The van der Waals surface area contributed by atoms with E-state index < -0.39 is 11.6 Å². The van der Waals surface area contributed by atoms with Crippen molar-refractivity contribution >= 4 is 5.78 Å². The van der Waals surface area contributed by atoms with Gasteiger partial charge in [0.1, 0.15) is 0 Å². The van der Waals surface area contributed by atoms with Gasteiger partial charge in [-0.05, 0) is 31.3 Å². The Morgan fingerprint density at radius 2 is 1.82 bits per heavy atom. The molecule has 1 aliphatic rings. The van der Waals surface area contributed by atoms with Gasteiger partial charge in [0, 0.05) is 6.92 Å². The molecule has 0 aromatic rings. The van der Waals surface area contributed by atoms with E-state index in [1.165, 1.54) is 13.3 Å². The van der Waals surface area contributed by atoms with Gasteiger partial charge in [-0.15, -0.1) is 0 Å². The zero-order chi connectivity index (χ0) is 8.27. The molecule has 1 saturated carbocycles. The van der Waals surface area contributed by atoms with Gasteiger partial charge in [0.05, 0.1) is 0 Å². The van der Waals surface area contributed by atoms with Gasteiger partial charge in [0.2, 0.25) is 0 Å². The van der Waals surface area contributed by atoms with E-state index in [1.54, 1.807) is 0 Å². The number of carbonyl (C=O) groups excluding carboxylic acids is 1. The van der Waals surface area contributed by atoms with E-state index in [2.05, 4.69) is 0 Å². The predicted molar refractivity (Wildman–Crippen MR) is 41.9 cm³/mol. The molecule has 0 spiro atoms. The minimum Gasteiger partial charge on any atom is -0.292 e. The molecule has 0 amide bonds. The topological polar surface area (TPSA) is 17.1 Å². The number of rotatable bonds is 1. The number of carbonyl (C=O) groups is 1. The van der Waals surface area contributed by atoms with Crippen LogP contribution in [0.4, 0.5) is 4.39 Å². The second-order valence-corrected chi connectivity index (χ2v) is 3.03. The number of hydrogen-bond donors (Lipinski definition) is 0. The van der Waals surface area contributed by atoms with Crippen LogP contribution in [0.25, 0.3) is 0 Å². The maximum absolute atomic E-state index is 12.9. The Kier molecular flexibility index (Phi) is 2.80. The molecule has 0 unspecified atom stereocenters. The Balaban J connectivity index is 2.68. The van der Waals surface area contributed by atoms with Crippen LogP contribution < -0.4 is 0 Å². The van der Waals surface area contributed by atoms with Crippen molar-refractivity contribution in [3.05, 3.63) is 11.4 Å². The van der Waals surface area contributed by atoms with Gasteiger partial charge in [-0.3, -0.25) is 4.79 Å². The van der Waals surface area contributed by atoms with Crippen LogP contribution in [-0.4, -0.2) is 5.78 Å². The lowest BCUT2D eigenvalue weighted by Crippen LogP contribution is -2.01. The fourth-order valence-electron chi connectivity index (χ4n) is 1.45. The fourth-order valence-corrected chi connectivity index (χ4v) is 1.45. The SMILES string of the molecule is CC(=O)C(F)=C1CCCCC1. The van der Waals surface area contributed by atoms with Crippen LogP contribution in [0.3, 0.4) is 0 Å². The normalized spacial score (nSPS) is 18.2. The molecule has 0 bridgehead atoms. The molecule has 0 aromatic heterocycles. The van der Waals surface area contributed by atoms with Gasteiger partial charge in [-0.2, -0.15) is 0 Å². The highest BCUT2D eigenvalue weighted by Crippen LogP contribution is 2.26.